The quantitative estimate of drug-likeness (QED) is 0.858. The Morgan fingerprint density at radius 3 is 2.83 bits per heavy atom. The number of carbonyl (C=O) groups is 1. The summed E-state index contributed by atoms with van der Waals surface area (Å²) >= 11 is 0. The van der Waals surface area contributed by atoms with Gasteiger partial charge in [-0.2, -0.15) is 5.10 Å². The van der Waals surface area contributed by atoms with Gasteiger partial charge in [-0.3, -0.25) is 9.48 Å². The summed E-state index contributed by atoms with van der Waals surface area (Å²) in [6.07, 6.45) is 3.81. The predicted octanol–water partition coefficient (Wildman–Crippen LogP) is 3.16. The summed E-state index contributed by atoms with van der Waals surface area (Å²) in [4.78, 5) is 12.7. The number of rotatable bonds is 5. The third kappa shape index (κ3) is 3.51. The maximum atomic E-state index is 12.7. The first kappa shape index (κ1) is 16.7. The van der Waals surface area contributed by atoms with Crippen molar-refractivity contribution in [2.75, 3.05) is 13.2 Å². The van der Waals surface area contributed by atoms with Crippen molar-refractivity contribution in [3.05, 3.63) is 42.6 Å². The Morgan fingerprint density at radius 2 is 2.12 bits per heavy atom. The normalized spacial score (nSPS) is 16.2. The van der Waals surface area contributed by atoms with Crippen LogP contribution in [0.25, 0.3) is 10.9 Å². The van der Waals surface area contributed by atoms with Crippen molar-refractivity contribution in [3.8, 4) is 0 Å². The number of amides is 1. The van der Waals surface area contributed by atoms with Crippen LogP contribution < -0.4 is 5.32 Å². The molecule has 1 fully saturated rings. The molecule has 1 saturated heterocycles. The lowest BCUT2D eigenvalue weighted by Crippen LogP contribution is -2.41. The Bertz CT molecular complexity index is 742. The van der Waals surface area contributed by atoms with E-state index in [1.54, 1.807) is 6.08 Å². The first-order chi connectivity index (χ1) is 11.5. The van der Waals surface area contributed by atoms with Crippen molar-refractivity contribution in [1.82, 2.24) is 15.1 Å². The summed E-state index contributed by atoms with van der Waals surface area (Å²) in [6.45, 7) is 10.0. The number of fused-ring (bicyclic) bond motifs is 1. The third-order valence-corrected chi connectivity index (χ3v) is 4.59. The van der Waals surface area contributed by atoms with Gasteiger partial charge in [0.05, 0.1) is 11.1 Å². The zero-order valence-electron chi connectivity index (χ0n) is 14.4. The van der Waals surface area contributed by atoms with Gasteiger partial charge in [0.2, 0.25) is 0 Å². The van der Waals surface area contributed by atoms with Gasteiger partial charge in [0, 0.05) is 25.1 Å². The van der Waals surface area contributed by atoms with E-state index >= 15 is 0 Å². The number of hydrogen-bond donors (Lipinski definition) is 1. The Balaban J connectivity index is 1.91. The molecule has 2 aromatic rings. The minimum Gasteiger partial charge on any atom is -0.381 e. The SMILES string of the molecule is C=CC(C)(C)NC(=O)c1nn(CC2CCOCC2)c2ccccc12. The molecule has 1 amide bonds. The van der Waals surface area contributed by atoms with Crippen LogP contribution in [0, 0.1) is 5.92 Å². The third-order valence-electron chi connectivity index (χ3n) is 4.59. The lowest BCUT2D eigenvalue weighted by Gasteiger charge is -2.22. The van der Waals surface area contributed by atoms with Crippen LogP contribution >= 0.6 is 0 Å². The molecule has 2 heterocycles. The lowest BCUT2D eigenvalue weighted by atomic mass is 10.0. The van der Waals surface area contributed by atoms with E-state index in [0.717, 1.165) is 43.5 Å². The van der Waals surface area contributed by atoms with Gasteiger partial charge in [-0.25, -0.2) is 0 Å². The van der Waals surface area contributed by atoms with Crippen molar-refractivity contribution >= 4 is 16.8 Å². The number of benzene rings is 1. The number of aromatic nitrogens is 2. The lowest BCUT2D eigenvalue weighted by molar-refractivity contribution is 0.0604. The summed E-state index contributed by atoms with van der Waals surface area (Å²) in [5.74, 6) is 0.379. The van der Waals surface area contributed by atoms with Gasteiger partial charge in [-0.05, 0) is 38.7 Å². The predicted molar refractivity (Wildman–Crippen MR) is 95.0 cm³/mol. The minimum atomic E-state index is -0.470. The molecule has 0 aliphatic carbocycles. The second-order valence-electron chi connectivity index (χ2n) is 6.98. The second kappa shape index (κ2) is 6.77. The van der Waals surface area contributed by atoms with E-state index in [9.17, 15) is 4.79 Å². The second-order valence-corrected chi connectivity index (χ2v) is 6.98. The van der Waals surface area contributed by atoms with Crippen molar-refractivity contribution in [1.29, 1.82) is 0 Å². The maximum Gasteiger partial charge on any atom is 0.273 e. The van der Waals surface area contributed by atoms with E-state index in [2.05, 4.69) is 17.0 Å². The van der Waals surface area contributed by atoms with Gasteiger partial charge >= 0.3 is 0 Å². The Morgan fingerprint density at radius 1 is 1.42 bits per heavy atom. The molecule has 5 nitrogen and oxygen atoms in total. The standard InChI is InChI=1S/C19H25N3O2/c1-4-19(2,3)20-18(23)17-15-7-5-6-8-16(15)22(21-17)13-14-9-11-24-12-10-14/h4-8,14H,1,9-13H2,2-3H3,(H,20,23). The van der Waals surface area contributed by atoms with Crippen molar-refractivity contribution < 1.29 is 9.53 Å². The zero-order valence-corrected chi connectivity index (χ0v) is 14.4. The summed E-state index contributed by atoms with van der Waals surface area (Å²) in [5.41, 5.74) is 1.01. The Kier molecular flexibility index (Phi) is 4.71. The van der Waals surface area contributed by atoms with Crippen LogP contribution in [0.3, 0.4) is 0 Å². The number of carbonyl (C=O) groups excluding carboxylic acids is 1. The number of ether oxygens (including phenoxy) is 1. The van der Waals surface area contributed by atoms with Crippen LogP contribution in [-0.2, 0) is 11.3 Å². The van der Waals surface area contributed by atoms with E-state index in [1.165, 1.54) is 0 Å². The highest BCUT2D eigenvalue weighted by Gasteiger charge is 2.23. The monoisotopic (exact) mass is 327 g/mol. The Hall–Kier alpha value is -2.14. The number of hydrogen-bond acceptors (Lipinski definition) is 3. The topological polar surface area (TPSA) is 56.2 Å². The van der Waals surface area contributed by atoms with E-state index in [1.807, 2.05) is 42.8 Å². The summed E-state index contributed by atoms with van der Waals surface area (Å²) in [7, 11) is 0. The van der Waals surface area contributed by atoms with Crippen molar-refractivity contribution in [2.45, 2.75) is 38.8 Å². The number of nitrogens with one attached hydrogen (secondary N) is 1. The molecule has 24 heavy (non-hydrogen) atoms. The van der Waals surface area contributed by atoms with Gasteiger partial charge in [0.1, 0.15) is 0 Å². The highest BCUT2D eigenvalue weighted by Crippen LogP contribution is 2.23. The molecule has 0 bridgehead atoms. The van der Waals surface area contributed by atoms with E-state index < -0.39 is 5.54 Å². The summed E-state index contributed by atoms with van der Waals surface area (Å²) < 4.78 is 7.41. The molecule has 1 aromatic carbocycles. The first-order valence-electron chi connectivity index (χ1n) is 8.49. The van der Waals surface area contributed by atoms with Crippen LogP contribution in [-0.4, -0.2) is 34.4 Å². The van der Waals surface area contributed by atoms with Gasteiger partial charge in [-0.15, -0.1) is 6.58 Å². The first-order valence-corrected chi connectivity index (χ1v) is 8.49. The van der Waals surface area contributed by atoms with Gasteiger partial charge in [0.15, 0.2) is 5.69 Å². The zero-order chi connectivity index (χ0) is 17.2. The van der Waals surface area contributed by atoms with Gasteiger partial charge < -0.3 is 10.1 Å². The molecule has 1 aliphatic rings. The highest BCUT2D eigenvalue weighted by molar-refractivity contribution is 6.05. The molecular formula is C19H25N3O2. The fourth-order valence-corrected chi connectivity index (χ4v) is 3.01. The molecule has 128 valence electrons. The van der Waals surface area contributed by atoms with Crippen molar-refractivity contribution in [3.63, 3.8) is 0 Å². The molecule has 1 aliphatic heterocycles. The average Bonchev–Trinajstić information content (AvgIpc) is 2.94. The number of para-hydroxylation sites is 1. The summed E-state index contributed by atoms with van der Waals surface area (Å²) in [6, 6.07) is 7.91. The Labute approximate surface area is 142 Å². The fourth-order valence-electron chi connectivity index (χ4n) is 3.01. The highest BCUT2D eigenvalue weighted by atomic mass is 16.5. The van der Waals surface area contributed by atoms with Crippen LogP contribution in [0.2, 0.25) is 0 Å². The van der Waals surface area contributed by atoms with Crippen LogP contribution in [0.5, 0.6) is 0 Å². The smallest absolute Gasteiger partial charge is 0.273 e. The molecule has 1 aromatic heterocycles. The molecule has 1 N–H and O–H groups in total. The molecule has 0 unspecified atom stereocenters. The van der Waals surface area contributed by atoms with E-state index in [4.69, 9.17) is 4.74 Å². The van der Waals surface area contributed by atoms with Gasteiger partial charge in [0.25, 0.3) is 5.91 Å². The molecule has 0 saturated carbocycles. The molecule has 0 radical (unpaired) electrons. The molecule has 0 atom stereocenters. The molecule has 0 spiro atoms. The molecule has 5 heteroatoms. The van der Waals surface area contributed by atoms with Crippen LogP contribution in [0.1, 0.15) is 37.2 Å². The largest absolute Gasteiger partial charge is 0.381 e. The maximum absolute atomic E-state index is 12.7. The van der Waals surface area contributed by atoms with Crippen molar-refractivity contribution in [2.24, 2.45) is 5.92 Å². The average molecular weight is 327 g/mol. The van der Waals surface area contributed by atoms with Crippen LogP contribution in [0.15, 0.2) is 36.9 Å². The fraction of sp³-hybridized carbons (Fsp3) is 0.474. The van der Waals surface area contributed by atoms with Gasteiger partial charge in [-0.1, -0.05) is 24.3 Å². The van der Waals surface area contributed by atoms with Crippen LogP contribution in [0.4, 0.5) is 0 Å². The van der Waals surface area contributed by atoms with E-state index in [0.29, 0.717) is 11.6 Å². The molecular weight excluding hydrogens is 302 g/mol. The summed E-state index contributed by atoms with van der Waals surface area (Å²) in [5, 5.41) is 8.50. The minimum absolute atomic E-state index is 0.165. The number of nitrogens with zero attached hydrogens (tertiary/aromatic N) is 2. The molecule has 3 rings (SSSR count). The van der Waals surface area contributed by atoms with E-state index in [-0.39, 0.29) is 5.91 Å².